The van der Waals surface area contributed by atoms with E-state index in [1.807, 2.05) is 30.6 Å². The molecule has 1 heterocycles. The number of benzene rings is 1. The number of nitrogens with one attached hydrogen (secondary N) is 1. The average Bonchev–Trinajstić information content (AvgIpc) is 2.92. The Morgan fingerprint density at radius 3 is 2.68 bits per heavy atom. The summed E-state index contributed by atoms with van der Waals surface area (Å²) >= 11 is 0. The van der Waals surface area contributed by atoms with E-state index in [0.29, 0.717) is 12.0 Å². The van der Waals surface area contributed by atoms with E-state index in [1.54, 1.807) is 14.2 Å². The van der Waals surface area contributed by atoms with E-state index in [9.17, 15) is 0 Å². The van der Waals surface area contributed by atoms with Crippen molar-refractivity contribution in [3.8, 4) is 11.5 Å². The zero-order chi connectivity index (χ0) is 17.5. The van der Waals surface area contributed by atoms with Crippen LogP contribution < -0.4 is 14.8 Å². The first-order valence-electron chi connectivity index (χ1n) is 8.79. The Kier molecular flexibility index (Phi) is 6.07. The fourth-order valence-corrected chi connectivity index (χ4v) is 3.37. The van der Waals surface area contributed by atoms with Crippen molar-refractivity contribution in [1.82, 2.24) is 10.3 Å². The molecule has 0 bridgehead atoms. The molecule has 0 spiro atoms. The second-order valence-electron chi connectivity index (χ2n) is 6.43. The zero-order valence-electron chi connectivity index (χ0n) is 14.9. The number of nitrogens with zero attached hydrogens (tertiary/aromatic N) is 1. The lowest BCUT2D eigenvalue weighted by Gasteiger charge is -2.22. The molecule has 0 amide bonds. The van der Waals surface area contributed by atoms with E-state index in [0.717, 1.165) is 37.3 Å². The third kappa shape index (κ3) is 4.60. The Morgan fingerprint density at radius 2 is 1.92 bits per heavy atom. The molecule has 1 aliphatic carbocycles. The van der Waals surface area contributed by atoms with Gasteiger partial charge < -0.3 is 14.8 Å². The van der Waals surface area contributed by atoms with Crippen LogP contribution in [0.25, 0.3) is 0 Å². The van der Waals surface area contributed by atoms with E-state index in [2.05, 4.69) is 34.6 Å². The SMILES string of the molecule is COc1ccc(CNC2CC=CCC(c3cccnc3)C2)cc1OC. The summed E-state index contributed by atoms with van der Waals surface area (Å²) < 4.78 is 10.7. The first-order valence-corrected chi connectivity index (χ1v) is 8.79. The maximum Gasteiger partial charge on any atom is 0.161 e. The highest BCUT2D eigenvalue weighted by Crippen LogP contribution is 2.30. The summed E-state index contributed by atoms with van der Waals surface area (Å²) in [5.41, 5.74) is 2.52. The van der Waals surface area contributed by atoms with Gasteiger partial charge in [-0.25, -0.2) is 0 Å². The summed E-state index contributed by atoms with van der Waals surface area (Å²) in [6.07, 6.45) is 11.7. The molecule has 1 aliphatic rings. The van der Waals surface area contributed by atoms with Gasteiger partial charge in [0.15, 0.2) is 11.5 Å². The van der Waals surface area contributed by atoms with Crippen LogP contribution in [0.1, 0.15) is 36.3 Å². The van der Waals surface area contributed by atoms with Gasteiger partial charge in [-0.15, -0.1) is 0 Å². The highest BCUT2D eigenvalue weighted by molar-refractivity contribution is 5.42. The maximum atomic E-state index is 5.39. The minimum absolute atomic E-state index is 0.456. The van der Waals surface area contributed by atoms with Gasteiger partial charge in [0.2, 0.25) is 0 Å². The molecule has 4 heteroatoms. The Balaban J connectivity index is 1.63. The number of allylic oxidation sites excluding steroid dienone is 1. The van der Waals surface area contributed by atoms with Gasteiger partial charge in [-0.3, -0.25) is 4.98 Å². The Bertz CT molecular complexity index is 700. The van der Waals surface area contributed by atoms with Crippen molar-refractivity contribution in [2.24, 2.45) is 0 Å². The second-order valence-corrected chi connectivity index (χ2v) is 6.43. The maximum absolute atomic E-state index is 5.39. The normalized spacial score (nSPS) is 20.1. The number of ether oxygens (including phenoxy) is 2. The molecule has 1 aromatic carbocycles. The fourth-order valence-electron chi connectivity index (χ4n) is 3.37. The number of rotatable bonds is 6. The topological polar surface area (TPSA) is 43.4 Å². The lowest BCUT2D eigenvalue weighted by Crippen LogP contribution is -2.29. The van der Waals surface area contributed by atoms with Crippen LogP contribution in [0.2, 0.25) is 0 Å². The summed E-state index contributed by atoms with van der Waals surface area (Å²) in [4.78, 5) is 4.27. The monoisotopic (exact) mass is 338 g/mol. The fraction of sp³-hybridized carbons (Fsp3) is 0.381. The number of methoxy groups -OCH3 is 2. The van der Waals surface area contributed by atoms with Crippen molar-refractivity contribution in [3.63, 3.8) is 0 Å². The molecule has 2 unspecified atom stereocenters. The van der Waals surface area contributed by atoms with Gasteiger partial charge in [-0.2, -0.15) is 0 Å². The lowest BCUT2D eigenvalue weighted by atomic mass is 9.91. The summed E-state index contributed by atoms with van der Waals surface area (Å²) in [7, 11) is 3.33. The molecule has 1 N–H and O–H groups in total. The lowest BCUT2D eigenvalue weighted by molar-refractivity contribution is 0.354. The van der Waals surface area contributed by atoms with Crippen LogP contribution >= 0.6 is 0 Å². The molecular formula is C21H26N2O2. The van der Waals surface area contributed by atoms with Gasteiger partial charge in [0, 0.05) is 25.0 Å². The molecule has 1 aromatic heterocycles. The average molecular weight is 338 g/mol. The minimum atomic E-state index is 0.456. The van der Waals surface area contributed by atoms with E-state index in [1.165, 1.54) is 11.1 Å². The van der Waals surface area contributed by atoms with Gasteiger partial charge in [-0.05, 0) is 54.5 Å². The quantitative estimate of drug-likeness (QED) is 0.806. The Hall–Kier alpha value is -2.33. The van der Waals surface area contributed by atoms with Crippen molar-refractivity contribution in [2.45, 2.75) is 37.8 Å². The number of hydrogen-bond acceptors (Lipinski definition) is 4. The first kappa shape index (κ1) is 17.5. The predicted molar refractivity (Wildman–Crippen MR) is 100 cm³/mol. The zero-order valence-corrected chi connectivity index (χ0v) is 14.9. The molecule has 0 fully saturated rings. The van der Waals surface area contributed by atoms with Crippen LogP contribution in [-0.2, 0) is 6.54 Å². The molecule has 25 heavy (non-hydrogen) atoms. The van der Waals surface area contributed by atoms with Crippen molar-refractivity contribution < 1.29 is 9.47 Å². The number of pyridine rings is 1. The van der Waals surface area contributed by atoms with Crippen LogP contribution in [0.3, 0.4) is 0 Å². The Morgan fingerprint density at radius 1 is 1.08 bits per heavy atom. The number of hydrogen-bond donors (Lipinski definition) is 1. The first-order chi connectivity index (χ1) is 12.3. The van der Waals surface area contributed by atoms with Gasteiger partial charge in [0.05, 0.1) is 14.2 Å². The highest BCUT2D eigenvalue weighted by Gasteiger charge is 2.19. The van der Waals surface area contributed by atoms with Crippen molar-refractivity contribution in [2.75, 3.05) is 14.2 Å². The molecule has 0 radical (unpaired) electrons. The van der Waals surface area contributed by atoms with Crippen LogP contribution in [0.15, 0.2) is 54.9 Å². The molecule has 2 aromatic rings. The van der Waals surface area contributed by atoms with E-state index < -0.39 is 0 Å². The molecule has 4 nitrogen and oxygen atoms in total. The molecular weight excluding hydrogens is 312 g/mol. The minimum Gasteiger partial charge on any atom is -0.493 e. The van der Waals surface area contributed by atoms with Gasteiger partial charge in [0.1, 0.15) is 0 Å². The Labute approximate surface area is 149 Å². The van der Waals surface area contributed by atoms with Gasteiger partial charge in [0.25, 0.3) is 0 Å². The summed E-state index contributed by atoms with van der Waals surface area (Å²) in [5.74, 6) is 2.06. The molecule has 0 aliphatic heterocycles. The number of aromatic nitrogens is 1. The molecule has 0 saturated carbocycles. The van der Waals surface area contributed by atoms with Crippen molar-refractivity contribution >= 4 is 0 Å². The third-order valence-corrected chi connectivity index (χ3v) is 4.78. The van der Waals surface area contributed by atoms with Gasteiger partial charge in [-0.1, -0.05) is 24.3 Å². The smallest absolute Gasteiger partial charge is 0.161 e. The molecule has 0 saturated heterocycles. The van der Waals surface area contributed by atoms with Crippen molar-refractivity contribution in [3.05, 3.63) is 66.0 Å². The molecule has 132 valence electrons. The van der Waals surface area contributed by atoms with Gasteiger partial charge >= 0.3 is 0 Å². The van der Waals surface area contributed by atoms with Crippen molar-refractivity contribution in [1.29, 1.82) is 0 Å². The van der Waals surface area contributed by atoms with E-state index >= 15 is 0 Å². The standard InChI is InChI=1S/C21H26N2O2/c1-24-20-10-9-16(12-21(20)25-2)14-23-19-8-4-3-6-17(13-19)18-7-5-11-22-15-18/h3-5,7,9-12,15,17,19,23H,6,8,13-14H2,1-2H3. The summed E-state index contributed by atoms with van der Waals surface area (Å²) in [5, 5.41) is 3.70. The largest absolute Gasteiger partial charge is 0.493 e. The van der Waals surface area contributed by atoms with Crippen LogP contribution in [0.5, 0.6) is 11.5 Å². The molecule has 2 atom stereocenters. The van der Waals surface area contributed by atoms with Crippen LogP contribution in [0, 0.1) is 0 Å². The summed E-state index contributed by atoms with van der Waals surface area (Å²) in [6.45, 7) is 0.818. The molecule has 3 rings (SSSR count). The van der Waals surface area contributed by atoms with E-state index in [-0.39, 0.29) is 0 Å². The highest BCUT2D eigenvalue weighted by atomic mass is 16.5. The third-order valence-electron chi connectivity index (χ3n) is 4.78. The van der Waals surface area contributed by atoms with Crippen LogP contribution in [0.4, 0.5) is 0 Å². The second kappa shape index (κ2) is 8.67. The summed E-state index contributed by atoms with van der Waals surface area (Å²) in [6, 6.07) is 10.7. The van der Waals surface area contributed by atoms with E-state index in [4.69, 9.17) is 9.47 Å². The van der Waals surface area contributed by atoms with Crippen LogP contribution in [-0.4, -0.2) is 25.2 Å². The predicted octanol–water partition coefficient (Wildman–Crippen LogP) is 4.08.